The van der Waals surface area contributed by atoms with Crippen LogP contribution < -0.4 is 0 Å². The van der Waals surface area contributed by atoms with Gasteiger partial charge in [-0.25, -0.2) is 0 Å². The molecule has 5 atom stereocenters. The molecule has 124 valence electrons. The molecular weight excluding hydrogens is 286 g/mol. The molecule has 4 aliphatic rings. The van der Waals surface area contributed by atoms with Crippen molar-refractivity contribution in [2.75, 3.05) is 13.7 Å². The number of ether oxygens (including phenoxy) is 1. The van der Waals surface area contributed by atoms with Crippen molar-refractivity contribution in [3.8, 4) is 0 Å². The fourth-order valence-corrected chi connectivity index (χ4v) is 5.91. The molecule has 23 heavy (non-hydrogen) atoms. The van der Waals surface area contributed by atoms with Crippen molar-refractivity contribution in [1.82, 2.24) is 4.90 Å². The van der Waals surface area contributed by atoms with E-state index in [2.05, 4.69) is 43.1 Å². The Morgan fingerprint density at radius 1 is 1.30 bits per heavy atom. The van der Waals surface area contributed by atoms with Crippen molar-refractivity contribution in [1.29, 1.82) is 0 Å². The van der Waals surface area contributed by atoms with E-state index in [1.807, 2.05) is 6.92 Å². The van der Waals surface area contributed by atoms with Crippen LogP contribution in [-0.4, -0.2) is 36.6 Å². The number of likely N-dealkylation sites (N-methyl/N-ethyl adjacent to an activating group) is 1. The zero-order valence-corrected chi connectivity index (χ0v) is 14.4. The topological polar surface area (TPSA) is 29.5 Å². The molecule has 3 fully saturated rings. The molecule has 2 aliphatic carbocycles. The second-order valence-electron chi connectivity index (χ2n) is 7.58. The van der Waals surface area contributed by atoms with Crippen LogP contribution >= 0.6 is 0 Å². The normalized spacial score (nSPS) is 38.2. The summed E-state index contributed by atoms with van der Waals surface area (Å²) in [5, 5.41) is 0. The zero-order chi connectivity index (χ0) is 16.2. The molecule has 5 rings (SSSR count). The van der Waals surface area contributed by atoms with E-state index in [0.717, 1.165) is 19.3 Å². The highest BCUT2D eigenvalue weighted by atomic mass is 16.5. The van der Waals surface area contributed by atoms with E-state index in [4.69, 9.17) is 4.74 Å². The Balaban J connectivity index is 1.76. The van der Waals surface area contributed by atoms with Crippen LogP contribution in [-0.2, 0) is 21.4 Å². The summed E-state index contributed by atoms with van der Waals surface area (Å²) in [6.45, 7) is 4.72. The van der Waals surface area contributed by atoms with Crippen LogP contribution in [0.5, 0.6) is 0 Å². The van der Waals surface area contributed by atoms with Crippen molar-refractivity contribution in [2.24, 2.45) is 11.8 Å². The third-order valence-electron chi connectivity index (χ3n) is 6.97. The maximum Gasteiger partial charge on any atom is 0.310 e. The minimum atomic E-state index is 0.0198. The van der Waals surface area contributed by atoms with Crippen LogP contribution in [0.2, 0.25) is 0 Å². The van der Waals surface area contributed by atoms with Gasteiger partial charge in [-0.2, -0.15) is 0 Å². The van der Waals surface area contributed by atoms with Gasteiger partial charge in [0.05, 0.1) is 12.5 Å². The van der Waals surface area contributed by atoms with Gasteiger partial charge in [0.1, 0.15) is 0 Å². The van der Waals surface area contributed by atoms with Gasteiger partial charge in [-0.3, -0.25) is 9.69 Å². The average molecular weight is 313 g/mol. The Morgan fingerprint density at radius 2 is 2.09 bits per heavy atom. The standard InChI is InChI=1S/C20H27NO2/c1-4-20-12-18-14(19(22)23-5-2)11-16(20)17(21(18)3)10-13-8-6-7-9-15(13)20/h6-9,14,16-18H,4-5,10-12H2,1-3H3/t14?,16?,17?,18?,20-/m1/s1. The van der Waals surface area contributed by atoms with Gasteiger partial charge in [0, 0.05) is 17.5 Å². The van der Waals surface area contributed by atoms with Crippen LogP contribution in [0.4, 0.5) is 0 Å². The first-order valence-corrected chi connectivity index (χ1v) is 9.09. The second kappa shape index (κ2) is 5.34. The lowest BCUT2D eigenvalue weighted by atomic mass is 9.48. The van der Waals surface area contributed by atoms with Crippen molar-refractivity contribution in [3.63, 3.8) is 0 Å². The number of piperidine rings is 2. The summed E-state index contributed by atoms with van der Waals surface area (Å²) in [5.41, 5.74) is 3.35. The Morgan fingerprint density at radius 3 is 2.83 bits per heavy atom. The van der Waals surface area contributed by atoms with Crippen LogP contribution in [0.1, 0.15) is 44.2 Å². The number of rotatable bonds is 3. The molecule has 0 aromatic heterocycles. The molecule has 2 saturated heterocycles. The first kappa shape index (κ1) is 15.2. The molecule has 0 spiro atoms. The largest absolute Gasteiger partial charge is 0.466 e. The molecule has 2 aliphatic heterocycles. The number of benzene rings is 1. The van der Waals surface area contributed by atoms with Crippen LogP contribution in [0.15, 0.2) is 24.3 Å². The van der Waals surface area contributed by atoms with Crippen molar-refractivity contribution < 1.29 is 9.53 Å². The molecule has 4 bridgehead atoms. The molecular formula is C20H27NO2. The zero-order valence-electron chi connectivity index (χ0n) is 14.4. The molecule has 1 aromatic rings. The summed E-state index contributed by atoms with van der Waals surface area (Å²) in [4.78, 5) is 14.9. The Bertz CT molecular complexity index is 628. The summed E-state index contributed by atoms with van der Waals surface area (Å²) in [6, 6.07) is 9.91. The van der Waals surface area contributed by atoms with E-state index in [-0.39, 0.29) is 17.3 Å². The highest BCUT2D eigenvalue weighted by Gasteiger charge is 2.61. The number of nitrogens with zero attached hydrogens (tertiary/aromatic N) is 1. The third-order valence-corrected chi connectivity index (χ3v) is 6.97. The Kier molecular flexibility index (Phi) is 3.53. The molecule has 4 unspecified atom stereocenters. The number of fused-ring (bicyclic) bond motifs is 2. The number of carbonyl (C=O) groups excluding carboxylic acids is 1. The summed E-state index contributed by atoms with van der Waals surface area (Å²) in [5.74, 6) is 0.657. The quantitative estimate of drug-likeness (QED) is 0.803. The molecule has 0 radical (unpaired) electrons. The van der Waals surface area contributed by atoms with Gasteiger partial charge in [-0.1, -0.05) is 31.2 Å². The van der Waals surface area contributed by atoms with Crippen molar-refractivity contribution in [2.45, 2.75) is 57.0 Å². The van der Waals surface area contributed by atoms with Gasteiger partial charge in [0.25, 0.3) is 0 Å². The predicted molar refractivity (Wildman–Crippen MR) is 90.3 cm³/mol. The molecule has 2 heterocycles. The lowest BCUT2D eigenvalue weighted by Crippen LogP contribution is -2.69. The van der Waals surface area contributed by atoms with Gasteiger partial charge < -0.3 is 4.74 Å². The van der Waals surface area contributed by atoms with Gasteiger partial charge in [-0.05, 0) is 56.7 Å². The molecule has 0 N–H and O–H groups in total. The van der Waals surface area contributed by atoms with E-state index >= 15 is 0 Å². The molecule has 3 nitrogen and oxygen atoms in total. The minimum absolute atomic E-state index is 0.0198. The van der Waals surface area contributed by atoms with E-state index < -0.39 is 0 Å². The highest BCUT2D eigenvalue weighted by Crippen LogP contribution is 2.59. The minimum Gasteiger partial charge on any atom is -0.466 e. The van der Waals surface area contributed by atoms with E-state index in [9.17, 15) is 4.79 Å². The second-order valence-corrected chi connectivity index (χ2v) is 7.58. The molecule has 1 saturated carbocycles. The first-order chi connectivity index (χ1) is 11.1. The van der Waals surface area contributed by atoms with Crippen molar-refractivity contribution >= 4 is 5.97 Å². The number of esters is 1. The summed E-state index contributed by atoms with van der Waals surface area (Å²) < 4.78 is 5.37. The predicted octanol–water partition coefficient (Wildman–Crippen LogP) is 3.16. The number of hydrogen-bond acceptors (Lipinski definition) is 3. The third kappa shape index (κ3) is 1.95. The van der Waals surface area contributed by atoms with E-state index in [1.54, 1.807) is 5.56 Å². The molecule has 0 amide bonds. The fourth-order valence-electron chi connectivity index (χ4n) is 5.91. The van der Waals surface area contributed by atoms with Gasteiger partial charge >= 0.3 is 5.97 Å². The SMILES string of the molecule is CCOC(=O)C1CC2C3Cc4ccccc4[C@@]2(CC)CC1N3C. The maximum atomic E-state index is 12.4. The molecule has 3 heteroatoms. The summed E-state index contributed by atoms with van der Waals surface area (Å²) in [7, 11) is 2.22. The number of carbonyl (C=O) groups is 1. The maximum absolute atomic E-state index is 12.4. The van der Waals surface area contributed by atoms with Crippen LogP contribution in [0.3, 0.4) is 0 Å². The first-order valence-electron chi connectivity index (χ1n) is 9.09. The van der Waals surface area contributed by atoms with Gasteiger partial charge in [0.2, 0.25) is 0 Å². The van der Waals surface area contributed by atoms with Gasteiger partial charge in [-0.15, -0.1) is 0 Å². The highest BCUT2D eigenvalue weighted by molar-refractivity contribution is 5.74. The van der Waals surface area contributed by atoms with E-state index in [1.165, 1.54) is 12.0 Å². The molecule has 1 aromatic carbocycles. The van der Waals surface area contributed by atoms with Crippen molar-refractivity contribution in [3.05, 3.63) is 35.4 Å². The Hall–Kier alpha value is -1.35. The summed E-state index contributed by atoms with van der Waals surface area (Å²) >= 11 is 0. The smallest absolute Gasteiger partial charge is 0.310 e. The lowest BCUT2D eigenvalue weighted by Gasteiger charge is -2.64. The summed E-state index contributed by atoms with van der Waals surface area (Å²) in [6.07, 6.45) is 4.40. The van der Waals surface area contributed by atoms with E-state index in [0.29, 0.717) is 24.6 Å². The van der Waals surface area contributed by atoms with Crippen LogP contribution in [0.25, 0.3) is 0 Å². The average Bonchev–Trinajstić information content (AvgIpc) is 2.58. The van der Waals surface area contributed by atoms with Crippen LogP contribution in [0, 0.1) is 11.8 Å². The Labute approximate surface area is 139 Å². The van der Waals surface area contributed by atoms with Gasteiger partial charge in [0.15, 0.2) is 0 Å². The fraction of sp³-hybridized carbons (Fsp3) is 0.650. The monoisotopic (exact) mass is 313 g/mol. The lowest BCUT2D eigenvalue weighted by molar-refractivity contribution is -0.165. The number of hydrogen-bond donors (Lipinski definition) is 0.